The van der Waals surface area contributed by atoms with Gasteiger partial charge in [-0.1, -0.05) is 12.1 Å². The summed E-state index contributed by atoms with van der Waals surface area (Å²) in [6.45, 7) is 3.92. The molecule has 0 bridgehead atoms. The van der Waals surface area contributed by atoms with Crippen LogP contribution in [0.3, 0.4) is 0 Å². The molecule has 182 valence electrons. The zero-order valence-electron chi connectivity index (χ0n) is 19.4. The molecule has 4 rings (SSSR count). The van der Waals surface area contributed by atoms with Crippen molar-refractivity contribution in [3.05, 3.63) is 59.4 Å². The Balaban J connectivity index is 1.31. The maximum Gasteiger partial charge on any atom is 0.240 e. The molecule has 7 nitrogen and oxygen atoms in total. The Labute approximate surface area is 199 Å². The number of benzene rings is 2. The van der Waals surface area contributed by atoms with Gasteiger partial charge >= 0.3 is 0 Å². The van der Waals surface area contributed by atoms with Gasteiger partial charge in [0.2, 0.25) is 21.8 Å². The standard InChI is InChI=1S/C25H30FN3O4S/c1-16(18-3-7-21(26)8-4-18)27-25(31)19-5-9-22(10-6-19)28-34(32,33)23-11-12-24-20(15-23)13-14-29(24)17(2)30/h3-4,7-8,11-12,15-16,19,22,28H,5-6,9-10,13-14H2,1-2H3,(H,27,31)/t16-,19?,22?/m1/s1. The van der Waals surface area contributed by atoms with E-state index >= 15 is 0 Å². The molecule has 1 aliphatic heterocycles. The molecular weight excluding hydrogens is 457 g/mol. The summed E-state index contributed by atoms with van der Waals surface area (Å²) in [5.41, 5.74) is 2.46. The van der Waals surface area contributed by atoms with E-state index in [-0.39, 0.29) is 40.5 Å². The highest BCUT2D eigenvalue weighted by Crippen LogP contribution is 2.31. The quantitative estimate of drug-likeness (QED) is 0.653. The average Bonchev–Trinajstić information content (AvgIpc) is 3.23. The number of amides is 2. The van der Waals surface area contributed by atoms with Gasteiger partial charge in [0, 0.05) is 31.1 Å². The Morgan fingerprint density at radius 1 is 1.06 bits per heavy atom. The number of carbonyl (C=O) groups is 2. The van der Waals surface area contributed by atoms with Crippen LogP contribution in [0.15, 0.2) is 47.4 Å². The van der Waals surface area contributed by atoms with Crippen LogP contribution in [-0.2, 0) is 26.0 Å². The van der Waals surface area contributed by atoms with Crippen molar-refractivity contribution >= 4 is 27.5 Å². The van der Waals surface area contributed by atoms with Crippen molar-refractivity contribution in [3.63, 3.8) is 0 Å². The Kier molecular flexibility index (Phi) is 7.04. The molecule has 2 aromatic carbocycles. The van der Waals surface area contributed by atoms with E-state index in [0.29, 0.717) is 38.6 Å². The van der Waals surface area contributed by atoms with Crippen LogP contribution in [0.25, 0.3) is 0 Å². The second kappa shape index (κ2) is 9.84. The van der Waals surface area contributed by atoms with Crippen LogP contribution < -0.4 is 14.9 Å². The fraction of sp³-hybridized carbons (Fsp3) is 0.440. The number of anilines is 1. The van der Waals surface area contributed by atoms with Gasteiger partial charge in [0.05, 0.1) is 10.9 Å². The van der Waals surface area contributed by atoms with E-state index in [9.17, 15) is 22.4 Å². The summed E-state index contributed by atoms with van der Waals surface area (Å²) >= 11 is 0. The van der Waals surface area contributed by atoms with Gasteiger partial charge in [-0.3, -0.25) is 9.59 Å². The van der Waals surface area contributed by atoms with Crippen LogP contribution in [0.5, 0.6) is 0 Å². The van der Waals surface area contributed by atoms with Gasteiger partial charge in [0.25, 0.3) is 0 Å². The molecule has 2 aromatic rings. The van der Waals surface area contributed by atoms with Gasteiger partial charge < -0.3 is 10.2 Å². The summed E-state index contributed by atoms with van der Waals surface area (Å²) in [7, 11) is -3.70. The van der Waals surface area contributed by atoms with Crippen molar-refractivity contribution in [2.24, 2.45) is 5.92 Å². The molecule has 1 saturated carbocycles. The Morgan fingerprint density at radius 3 is 2.38 bits per heavy atom. The van der Waals surface area contributed by atoms with Crippen molar-refractivity contribution in [2.75, 3.05) is 11.4 Å². The molecular formula is C25H30FN3O4S. The average molecular weight is 488 g/mol. The predicted octanol–water partition coefficient (Wildman–Crippen LogP) is 3.45. The lowest BCUT2D eigenvalue weighted by Crippen LogP contribution is -2.41. The maximum absolute atomic E-state index is 13.1. The van der Waals surface area contributed by atoms with Crippen LogP contribution in [0.4, 0.5) is 10.1 Å². The summed E-state index contributed by atoms with van der Waals surface area (Å²) in [4.78, 5) is 26.3. The number of hydrogen-bond donors (Lipinski definition) is 2. The van der Waals surface area contributed by atoms with Gasteiger partial charge in [-0.05, 0) is 80.5 Å². The highest BCUT2D eigenvalue weighted by atomic mass is 32.2. The van der Waals surface area contributed by atoms with E-state index in [1.807, 2.05) is 6.92 Å². The van der Waals surface area contributed by atoms with E-state index < -0.39 is 10.0 Å². The van der Waals surface area contributed by atoms with Gasteiger partial charge in [-0.15, -0.1) is 0 Å². The normalized spacial score (nSPS) is 21.1. The zero-order chi connectivity index (χ0) is 24.5. The maximum atomic E-state index is 13.1. The topological polar surface area (TPSA) is 95.6 Å². The first-order valence-corrected chi connectivity index (χ1v) is 13.1. The molecule has 0 radical (unpaired) electrons. The van der Waals surface area contributed by atoms with Gasteiger partial charge in [-0.2, -0.15) is 0 Å². The number of halogens is 1. The molecule has 1 atom stereocenters. The van der Waals surface area contributed by atoms with Gasteiger partial charge in [0.1, 0.15) is 5.82 Å². The predicted molar refractivity (Wildman–Crippen MR) is 127 cm³/mol. The summed E-state index contributed by atoms with van der Waals surface area (Å²) < 4.78 is 41.8. The van der Waals surface area contributed by atoms with E-state index in [1.54, 1.807) is 35.2 Å². The highest BCUT2D eigenvalue weighted by Gasteiger charge is 2.31. The molecule has 0 saturated heterocycles. The monoisotopic (exact) mass is 487 g/mol. The second-order valence-electron chi connectivity index (χ2n) is 9.16. The Bertz CT molecular complexity index is 1180. The third-order valence-corrected chi connectivity index (χ3v) is 8.30. The minimum Gasteiger partial charge on any atom is -0.349 e. The number of fused-ring (bicyclic) bond motifs is 1. The Hall–Kier alpha value is -2.78. The number of nitrogens with zero attached hydrogens (tertiary/aromatic N) is 1. The van der Waals surface area contributed by atoms with Crippen LogP contribution in [-0.4, -0.2) is 32.8 Å². The van der Waals surface area contributed by atoms with E-state index in [2.05, 4.69) is 10.0 Å². The van der Waals surface area contributed by atoms with Crippen LogP contribution in [0, 0.1) is 11.7 Å². The molecule has 34 heavy (non-hydrogen) atoms. The molecule has 0 unspecified atom stereocenters. The fourth-order valence-corrected chi connectivity index (χ4v) is 6.15. The van der Waals surface area contributed by atoms with E-state index in [0.717, 1.165) is 16.8 Å². The summed E-state index contributed by atoms with van der Waals surface area (Å²) in [5.74, 6) is -0.616. The summed E-state index contributed by atoms with van der Waals surface area (Å²) in [6, 6.07) is 10.5. The lowest BCUT2D eigenvalue weighted by atomic mass is 9.85. The highest BCUT2D eigenvalue weighted by molar-refractivity contribution is 7.89. The van der Waals surface area contributed by atoms with E-state index in [1.165, 1.54) is 19.1 Å². The molecule has 2 amide bonds. The largest absolute Gasteiger partial charge is 0.349 e. The number of hydrogen-bond acceptors (Lipinski definition) is 4. The van der Waals surface area contributed by atoms with Gasteiger partial charge in [0.15, 0.2) is 0 Å². The molecule has 1 heterocycles. The van der Waals surface area contributed by atoms with Crippen LogP contribution in [0.2, 0.25) is 0 Å². The first-order chi connectivity index (χ1) is 16.1. The fourth-order valence-electron chi connectivity index (χ4n) is 4.80. The van der Waals surface area contributed by atoms with Crippen LogP contribution in [0.1, 0.15) is 56.7 Å². The summed E-state index contributed by atoms with van der Waals surface area (Å²) in [5, 5.41) is 2.98. The van der Waals surface area contributed by atoms with E-state index in [4.69, 9.17) is 0 Å². The minimum atomic E-state index is -3.70. The zero-order valence-corrected chi connectivity index (χ0v) is 20.2. The Morgan fingerprint density at radius 2 is 1.74 bits per heavy atom. The lowest BCUT2D eigenvalue weighted by Gasteiger charge is -2.29. The van der Waals surface area contributed by atoms with Crippen LogP contribution >= 0.6 is 0 Å². The van der Waals surface area contributed by atoms with Crippen molar-refractivity contribution < 1.29 is 22.4 Å². The molecule has 9 heteroatoms. The first-order valence-electron chi connectivity index (χ1n) is 11.6. The number of carbonyl (C=O) groups excluding carboxylic acids is 2. The number of rotatable bonds is 6. The van der Waals surface area contributed by atoms with Crippen molar-refractivity contribution in [1.82, 2.24) is 10.0 Å². The van der Waals surface area contributed by atoms with Crippen molar-refractivity contribution in [1.29, 1.82) is 0 Å². The molecule has 2 N–H and O–H groups in total. The third-order valence-electron chi connectivity index (χ3n) is 6.79. The van der Waals surface area contributed by atoms with Crippen molar-refractivity contribution in [2.45, 2.75) is 62.9 Å². The summed E-state index contributed by atoms with van der Waals surface area (Å²) in [6.07, 6.45) is 2.96. The van der Waals surface area contributed by atoms with Crippen molar-refractivity contribution in [3.8, 4) is 0 Å². The number of sulfonamides is 1. The number of nitrogens with one attached hydrogen (secondary N) is 2. The molecule has 0 spiro atoms. The molecule has 1 aliphatic carbocycles. The third kappa shape index (κ3) is 5.31. The smallest absolute Gasteiger partial charge is 0.240 e. The molecule has 1 fully saturated rings. The molecule has 0 aromatic heterocycles. The first kappa shape index (κ1) is 24.3. The second-order valence-corrected chi connectivity index (χ2v) is 10.9. The SMILES string of the molecule is CC(=O)N1CCc2cc(S(=O)(=O)NC3CCC(C(=O)N[C@H](C)c4ccc(F)cc4)CC3)ccc21. The van der Waals surface area contributed by atoms with Gasteiger partial charge in [-0.25, -0.2) is 17.5 Å². The molecule has 2 aliphatic rings. The minimum absolute atomic E-state index is 0.0552. The lowest BCUT2D eigenvalue weighted by molar-refractivity contribution is -0.126.